The number of rotatable bonds is 3. The van der Waals surface area contributed by atoms with Crippen LogP contribution in [0.1, 0.15) is 22.8 Å². The number of thiophene rings is 1. The lowest BCUT2D eigenvalue weighted by Gasteiger charge is -2.24. The van der Waals surface area contributed by atoms with Crippen molar-refractivity contribution in [2.24, 2.45) is 0 Å². The van der Waals surface area contributed by atoms with Gasteiger partial charge in [0.2, 0.25) is 5.91 Å². The Bertz CT molecular complexity index is 933. The van der Waals surface area contributed by atoms with Gasteiger partial charge in [0, 0.05) is 33.7 Å². The van der Waals surface area contributed by atoms with Crippen molar-refractivity contribution in [1.82, 2.24) is 0 Å². The highest BCUT2D eigenvalue weighted by Crippen LogP contribution is 2.47. The van der Waals surface area contributed by atoms with Gasteiger partial charge in [-0.15, -0.1) is 11.3 Å². The number of halogens is 1. The minimum atomic E-state index is -0.288. The first kappa shape index (κ1) is 15.8. The first-order valence-corrected chi connectivity index (χ1v) is 8.85. The van der Waals surface area contributed by atoms with Gasteiger partial charge >= 0.3 is 0 Å². The minimum Gasteiger partial charge on any atom is -0.497 e. The zero-order valence-electron chi connectivity index (χ0n) is 13.6. The van der Waals surface area contributed by atoms with E-state index in [0.29, 0.717) is 12.0 Å². The Morgan fingerprint density at radius 1 is 1.12 bits per heavy atom. The van der Waals surface area contributed by atoms with Gasteiger partial charge in [-0.2, -0.15) is 0 Å². The van der Waals surface area contributed by atoms with E-state index in [4.69, 9.17) is 4.74 Å². The summed E-state index contributed by atoms with van der Waals surface area (Å²) >= 11 is 1.56. The maximum Gasteiger partial charge on any atom is 0.225 e. The molecule has 0 aliphatic carbocycles. The van der Waals surface area contributed by atoms with Crippen molar-refractivity contribution in [3.63, 3.8) is 0 Å². The van der Waals surface area contributed by atoms with Crippen LogP contribution >= 0.6 is 11.3 Å². The smallest absolute Gasteiger partial charge is 0.225 e. The second kappa shape index (κ2) is 6.33. The van der Waals surface area contributed by atoms with E-state index in [2.05, 4.69) is 5.32 Å². The average Bonchev–Trinajstić information content (AvgIpc) is 3.05. The molecule has 0 spiro atoms. The Morgan fingerprint density at radius 3 is 2.60 bits per heavy atom. The van der Waals surface area contributed by atoms with Crippen molar-refractivity contribution in [3.05, 3.63) is 70.2 Å². The number of amides is 1. The predicted molar refractivity (Wildman–Crippen MR) is 97.8 cm³/mol. The number of carbonyl (C=O) groups excluding carboxylic acids is 1. The summed E-state index contributed by atoms with van der Waals surface area (Å²) in [5.74, 6) is 0.413. The highest BCUT2D eigenvalue weighted by atomic mass is 32.1. The van der Waals surface area contributed by atoms with Crippen molar-refractivity contribution >= 4 is 22.9 Å². The van der Waals surface area contributed by atoms with Crippen LogP contribution in [0.15, 0.2) is 53.9 Å². The molecule has 3 nitrogen and oxygen atoms in total. The van der Waals surface area contributed by atoms with E-state index < -0.39 is 0 Å². The third kappa shape index (κ3) is 2.81. The Balaban J connectivity index is 1.80. The molecule has 3 aromatic rings. The number of benzene rings is 2. The average molecular weight is 353 g/mol. The summed E-state index contributed by atoms with van der Waals surface area (Å²) in [5.41, 5.74) is 3.03. The lowest BCUT2D eigenvalue weighted by molar-refractivity contribution is -0.116. The molecule has 25 heavy (non-hydrogen) atoms. The Kier molecular flexibility index (Phi) is 4.01. The van der Waals surface area contributed by atoms with Gasteiger partial charge in [-0.25, -0.2) is 4.39 Å². The van der Waals surface area contributed by atoms with Crippen molar-refractivity contribution < 1.29 is 13.9 Å². The molecule has 1 aliphatic rings. The van der Waals surface area contributed by atoms with Crippen LogP contribution in [0, 0.1) is 5.82 Å². The van der Waals surface area contributed by atoms with E-state index in [-0.39, 0.29) is 17.6 Å². The van der Waals surface area contributed by atoms with E-state index in [1.54, 1.807) is 36.6 Å². The number of hydrogen-bond acceptors (Lipinski definition) is 3. The molecule has 0 radical (unpaired) electrons. The molecule has 0 fully saturated rings. The van der Waals surface area contributed by atoms with Crippen molar-refractivity contribution in [2.75, 3.05) is 12.4 Å². The fourth-order valence-electron chi connectivity index (χ4n) is 3.21. The van der Waals surface area contributed by atoms with Gasteiger partial charge in [0.25, 0.3) is 0 Å². The summed E-state index contributed by atoms with van der Waals surface area (Å²) in [7, 11) is 1.63. The molecule has 2 heterocycles. The predicted octanol–water partition coefficient (Wildman–Crippen LogP) is 5.04. The summed E-state index contributed by atoms with van der Waals surface area (Å²) in [4.78, 5) is 13.3. The molecule has 0 bridgehead atoms. The van der Waals surface area contributed by atoms with Crippen LogP contribution in [-0.4, -0.2) is 13.0 Å². The Morgan fingerprint density at radius 2 is 1.88 bits per heavy atom. The van der Waals surface area contributed by atoms with Crippen LogP contribution in [0.2, 0.25) is 0 Å². The highest BCUT2D eigenvalue weighted by molar-refractivity contribution is 7.11. The summed E-state index contributed by atoms with van der Waals surface area (Å²) in [5, 5.41) is 4.86. The molecule has 0 saturated carbocycles. The third-order valence-corrected chi connectivity index (χ3v) is 5.57. The molecule has 1 aliphatic heterocycles. The fourth-order valence-corrected chi connectivity index (χ4v) is 4.36. The van der Waals surface area contributed by atoms with Gasteiger partial charge in [-0.1, -0.05) is 30.3 Å². The van der Waals surface area contributed by atoms with E-state index in [1.165, 1.54) is 6.07 Å². The molecular formula is C20H16FNO2S. The monoisotopic (exact) mass is 353 g/mol. The first-order valence-electron chi connectivity index (χ1n) is 7.97. The van der Waals surface area contributed by atoms with Crippen LogP contribution in [0.4, 0.5) is 10.1 Å². The number of ether oxygens (including phenoxy) is 1. The molecule has 1 atom stereocenters. The summed E-state index contributed by atoms with van der Waals surface area (Å²) in [6.07, 6.45) is 0.385. The largest absolute Gasteiger partial charge is 0.497 e. The molecular weight excluding hydrogens is 337 g/mol. The zero-order valence-corrected chi connectivity index (χ0v) is 14.4. The van der Waals surface area contributed by atoms with Gasteiger partial charge in [-0.05, 0) is 23.8 Å². The second-order valence-electron chi connectivity index (χ2n) is 5.95. The molecule has 2 aromatic carbocycles. The van der Waals surface area contributed by atoms with Crippen LogP contribution < -0.4 is 10.1 Å². The molecule has 0 unspecified atom stereocenters. The molecule has 5 heteroatoms. The van der Waals surface area contributed by atoms with E-state index in [1.807, 2.05) is 29.6 Å². The zero-order chi connectivity index (χ0) is 17.4. The van der Waals surface area contributed by atoms with E-state index in [9.17, 15) is 9.18 Å². The molecule has 1 amide bonds. The molecule has 1 N–H and O–H groups in total. The fraction of sp³-hybridized carbons (Fsp3) is 0.150. The lowest BCUT2D eigenvalue weighted by Crippen LogP contribution is -2.22. The van der Waals surface area contributed by atoms with Crippen LogP contribution in [0.25, 0.3) is 11.1 Å². The maximum absolute atomic E-state index is 14.2. The number of methoxy groups -OCH3 is 1. The maximum atomic E-state index is 14.2. The van der Waals surface area contributed by atoms with E-state index >= 15 is 0 Å². The van der Waals surface area contributed by atoms with Gasteiger partial charge < -0.3 is 10.1 Å². The van der Waals surface area contributed by atoms with E-state index in [0.717, 1.165) is 27.4 Å². The van der Waals surface area contributed by atoms with Crippen LogP contribution in [0.5, 0.6) is 5.75 Å². The van der Waals surface area contributed by atoms with Crippen LogP contribution in [0.3, 0.4) is 0 Å². The second-order valence-corrected chi connectivity index (χ2v) is 6.86. The summed E-state index contributed by atoms with van der Waals surface area (Å²) < 4.78 is 19.4. The molecule has 4 rings (SSSR count). The molecule has 1 aromatic heterocycles. The SMILES string of the molecule is COc1ccc([C@@H]2CC(=O)Nc3c(-c4ccccc4F)csc32)cc1. The van der Waals surface area contributed by atoms with Gasteiger partial charge in [0.15, 0.2) is 0 Å². The topological polar surface area (TPSA) is 38.3 Å². The molecule has 126 valence electrons. The standard InChI is InChI=1S/C20H16FNO2S/c1-24-13-8-6-12(7-9-13)15-10-18(23)22-19-16(11-25-20(15)19)14-4-2-3-5-17(14)21/h2-9,11,15H,10H2,1H3,(H,22,23)/t15-/m0/s1. The summed E-state index contributed by atoms with van der Waals surface area (Å²) in [6.45, 7) is 0. The quantitative estimate of drug-likeness (QED) is 0.717. The van der Waals surface area contributed by atoms with Crippen molar-refractivity contribution in [1.29, 1.82) is 0 Å². The number of nitrogens with one attached hydrogen (secondary N) is 1. The van der Waals surface area contributed by atoms with Crippen molar-refractivity contribution in [2.45, 2.75) is 12.3 Å². The van der Waals surface area contributed by atoms with Gasteiger partial charge in [0.05, 0.1) is 12.8 Å². The van der Waals surface area contributed by atoms with Crippen LogP contribution in [-0.2, 0) is 4.79 Å². The Hall–Kier alpha value is -2.66. The number of carbonyl (C=O) groups is 1. The van der Waals surface area contributed by atoms with Gasteiger partial charge in [0.1, 0.15) is 11.6 Å². The number of anilines is 1. The first-order chi connectivity index (χ1) is 12.2. The number of hydrogen-bond donors (Lipinski definition) is 1. The number of fused-ring (bicyclic) bond motifs is 1. The highest BCUT2D eigenvalue weighted by Gasteiger charge is 2.30. The Labute approximate surface area is 149 Å². The normalized spacial score (nSPS) is 16.2. The minimum absolute atomic E-state index is 0.0276. The van der Waals surface area contributed by atoms with Gasteiger partial charge in [-0.3, -0.25) is 4.79 Å². The van der Waals surface area contributed by atoms with Crippen molar-refractivity contribution in [3.8, 4) is 16.9 Å². The molecule has 0 saturated heterocycles. The third-order valence-electron chi connectivity index (χ3n) is 4.47. The lowest BCUT2D eigenvalue weighted by atomic mass is 9.89. The summed E-state index contributed by atoms with van der Waals surface area (Å²) in [6, 6.07) is 14.4.